The Morgan fingerprint density at radius 3 is 2.20 bits per heavy atom. The van der Waals surface area contributed by atoms with Crippen LogP contribution in [-0.4, -0.2) is 17.9 Å². The molecule has 0 saturated carbocycles. The molecule has 1 heterocycles. The summed E-state index contributed by atoms with van der Waals surface area (Å²) in [5.41, 5.74) is -0.144. The maximum Gasteiger partial charge on any atom is 1.00 e. The van der Waals surface area contributed by atoms with Crippen LogP contribution < -0.4 is 18.9 Å². The van der Waals surface area contributed by atoms with Crippen LogP contribution in [0.3, 0.4) is 0 Å². The Bertz CT molecular complexity index is 145. The second-order valence-corrected chi connectivity index (χ2v) is 3.19. The summed E-state index contributed by atoms with van der Waals surface area (Å²) in [4.78, 5) is 12.8. The molecule has 0 aromatic carbocycles. The number of rotatable bonds is 0. The van der Waals surface area contributed by atoms with Crippen LogP contribution in [0, 0.1) is 12.0 Å². The number of hydrogen-bond acceptors (Lipinski definition) is 1. The van der Waals surface area contributed by atoms with E-state index in [0.29, 0.717) is 0 Å². The third-order valence-corrected chi connectivity index (χ3v) is 1.77. The van der Waals surface area contributed by atoms with Gasteiger partial charge in [-0.05, 0) is 7.05 Å². The summed E-state index contributed by atoms with van der Waals surface area (Å²) >= 11 is 0. The van der Waals surface area contributed by atoms with Crippen molar-refractivity contribution in [3.8, 4) is 0 Å². The largest absolute Gasteiger partial charge is 1.00 e. The van der Waals surface area contributed by atoms with Gasteiger partial charge in [0.25, 0.3) is 0 Å². The molecule has 0 aromatic rings. The second kappa shape index (κ2) is 2.98. The van der Waals surface area contributed by atoms with Crippen molar-refractivity contribution in [2.75, 3.05) is 7.05 Å². The Balaban J connectivity index is 0.000000810. The molecule has 1 amide bonds. The smallest absolute Gasteiger partial charge is 0.495 e. The third kappa shape index (κ3) is 1.56. The van der Waals surface area contributed by atoms with Crippen molar-refractivity contribution in [3.63, 3.8) is 0 Å². The van der Waals surface area contributed by atoms with E-state index in [2.05, 4.69) is 0 Å². The molecule has 1 aliphatic heterocycles. The molecule has 0 bridgehead atoms. The minimum atomic E-state index is -0.144. The van der Waals surface area contributed by atoms with Crippen molar-refractivity contribution >= 4 is 5.91 Å². The summed E-state index contributed by atoms with van der Waals surface area (Å²) in [6, 6.07) is 0. The second-order valence-electron chi connectivity index (χ2n) is 3.19. The SMILES string of the molecule is CN1[CH-]CC(C)(C)C1=O.[Li+]. The van der Waals surface area contributed by atoms with Gasteiger partial charge in [-0.1, -0.05) is 13.8 Å². The van der Waals surface area contributed by atoms with Crippen molar-refractivity contribution in [1.82, 2.24) is 4.90 Å². The maximum absolute atomic E-state index is 11.1. The third-order valence-electron chi connectivity index (χ3n) is 1.77. The predicted molar refractivity (Wildman–Crippen MR) is 35.5 cm³/mol. The first-order chi connectivity index (χ1) is 4.04. The molecule has 1 saturated heterocycles. The predicted octanol–water partition coefficient (Wildman–Crippen LogP) is -1.96. The number of nitrogens with zero attached hydrogens (tertiary/aromatic N) is 1. The molecule has 0 aliphatic carbocycles. The Kier molecular flexibility index (Phi) is 3.00. The van der Waals surface area contributed by atoms with Gasteiger partial charge in [0.2, 0.25) is 0 Å². The molecule has 0 atom stereocenters. The summed E-state index contributed by atoms with van der Waals surface area (Å²) in [6.45, 7) is 5.87. The zero-order chi connectivity index (χ0) is 7.07. The first-order valence-electron chi connectivity index (χ1n) is 3.14. The summed E-state index contributed by atoms with van der Waals surface area (Å²) in [5.74, 6) is 0.225. The quantitative estimate of drug-likeness (QED) is 0.277. The van der Waals surface area contributed by atoms with Gasteiger partial charge >= 0.3 is 18.9 Å². The molecule has 3 heteroatoms. The van der Waals surface area contributed by atoms with Crippen LogP contribution in [0.25, 0.3) is 0 Å². The van der Waals surface area contributed by atoms with Crippen LogP contribution in [0.15, 0.2) is 0 Å². The molecule has 0 aromatic heterocycles. The number of amides is 1. The molecule has 1 rings (SSSR count). The van der Waals surface area contributed by atoms with Gasteiger partial charge in [0.15, 0.2) is 5.91 Å². The molecule has 0 spiro atoms. The van der Waals surface area contributed by atoms with Crippen LogP contribution in [-0.2, 0) is 4.79 Å². The Hall–Kier alpha value is 0.0674. The zero-order valence-electron chi connectivity index (χ0n) is 7.14. The van der Waals surface area contributed by atoms with E-state index in [0.717, 1.165) is 6.42 Å². The molecule has 1 aliphatic rings. The van der Waals surface area contributed by atoms with Gasteiger partial charge < -0.3 is 4.90 Å². The fraction of sp³-hybridized carbons (Fsp3) is 0.714. The molecular weight excluding hydrogens is 121 g/mol. The fourth-order valence-corrected chi connectivity index (χ4v) is 1.01. The topological polar surface area (TPSA) is 20.3 Å². The van der Waals surface area contributed by atoms with E-state index in [1.54, 1.807) is 11.9 Å². The van der Waals surface area contributed by atoms with Gasteiger partial charge in [-0.25, -0.2) is 6.54 Å². The minimum Gasteiger partial charge on any atom is -0.495 e. The Morgan fingerprint density at radius 2 is 2.10 bits per heavy atom. The molecular formula is C7H12LiNO. The van der Waals surface area contributed by atoms with Gasteiger partial charge in [0.05, 0.1) is 0 Å². The van der Waals surface area contributed by atoms with Crippen molar-refractivity contribution in [2.45, 2.75) is 20.3 Å². The molecule has 0 radical (unpaired) electrons. The minimum absolute atomic E-state index is 0. The molecule has 0 N–H and O–H groups in total. The maximum atomic E-state index is 11.1. The van der Waals surface area contributed by atoms with E-state index in [9.17, 15) is 4.79 Å². The van der Waals surface area contributed by atoms with Gasteiger partial charge in [-0.3, -0.25) is 4.79 Å². The van der Waals surface area contributed by atoms with Crippen molar-refractivity contribution < 1.29 is 23.7 Å². The van der Waals surface area contributed by atoms with E-state index >= 15 is 0 Å². The molecule has 0 unspecified atom stereocenters. The van der Waals surface area contributed by atoms with Crippen LogP contribution in [0.2, 0.25) is 0 Å². The van der Waals surface area contributed by atoms with E-state index in [-0.39, 0.29) is 30.2 Å². The zero-order valence-corrected chi connectivity index (χ0v) is 7.14. The monoisotopic (exact) mass is 133 g/mol. The normalized spacial score (nSPS) is 22.7. The first kappa shape index (κ1) is 10.1. The first-order valence-corrected chi connectivity index (χ1v) is 3.14. The molecule has 52 valence electrons. The van der Waals surface area contributed by atoms with Gasteiger partial charge in [-0.2, -0.15) is 0 Å². The summed E-state index contributed by atoms with van der Waals surface area (Å²) < 4.78 is 0. The van der Waals surface area contributed by atoms with Crippen LogP contribution in [0.5, 0.6) is 0 Å². The van der Waals surface area contributed by atoms with E-state index < -0.39 is 0 Å². The molecule has 1 fully saturated rings. The van der Waals surface area contributed by atoms with Gasteiger partial charge in [0.1, 0.15) is 0 Å². The fourth-order valence-electron chi connectivity index (χ4n) is 1.01. The van der Waals surface area contributed by atoms with E-state index in [4.69, 9.17) is 0 Å². The number of hydrogen-bond donors (Lipinski definition) is 0. The van der Waals surface area contributed by atoms with E-state index in [1.165, 1.54) is 0 Å². The van der Waals surface area contributed by atoms with Crippen LogP contribution in [0.4, 0.5) is 0 Å². The standard InChI is InChI=1S/C7H12NO.Li/c1-7(2)4-5-8(3)6(7)9;/h5H,4H2,1-3H3;/q-1;+1. The van der Waals surface area contributed by atoms with E-state index in [1.807, 2.05) is 20.4 Å². The number of likely N-dealkylation sites (tertiary alicyclic amines) is 1. The number of carbonyl (C=O) groups is 1. The van der Waals surface area contributed by atoms with Gasteiger partial charge in [-0.15, -0.1) is 6.42 Å². The van der Waals surface area contributed by atoms with Crippen molar-refractivity contribution in [3.05, 3.63) is 6.54 Å². The van der Waals surface area contributed by atoms with Gasteiger partial charge in [0, 0.05) is 5.41 Å². The van der Waals surface area contributed by atoms with Crippen molar-refractivity contribution in [1.29, 1.82) is 0 Å². The van der Waals surface area contributed by atoms with Crippen molar-refractivity contribution in [2.24, 2.45) is 5.41 Å². The average Bonchev–Trinajstić information content (AvgIpc) is 1.97. The summed E-state index contributed by atoms with van der Waals surface area (Å²) in [7, 11) is 1.80. The van der Waals surface area contributed by atoms with Crippen LogP contribution in [0.1, 0.15) is 20.3 Å². The summed E-state index contributed by atoms with van der Waals surface area (Å²) in [5, 5.41) is 0. The van der Waals surface area contributed by atoms with Crippen LogP contribution >= 0.6 is 0 Å². The molecule has 10 heavy (non-hydrogen) atoms. The Labute approximate surface area is 74.1 Å². The number of carbonyl (C=O) groups excluding carboxylic acids is 1. The molecule has 2 nitrogen and oxygen atoms in total. The Morgan fingerprint density at radius 1 is 1.60 bits per heavy atom. The average molecular weight is 133 g/mol. The summed E-state index contributed by atoms with van der Waals surface area (Å²) in [6.07, 6.45) is 0.877.